The Morgan fingerprint density at radius 1 is 1.38 bits per heavy atom. The van der Waals surface area contributed by atoms with Crippen LogP contribution in [0.3, 0.4) is 0 Å². The van der Waals surface area contributed by atoms with Crippen LogP contribution in [0, 0.1) is 5.41 Å². The molecule has 2 N–H and O–H groups in total. The predicted octanol–water partition coefficient (Wildman–Crippen LogP) is 1.35. The lowest BCUT2D eigenvalue weighted by Crippen LogP contribution is -2.49. The molecule has 1 amide bonds. The normalized spacial score (nSPS) is 16.4. The zero-order valence-electron chi connectivity index (χ0n) is 15.0. The molecular weight excluding hydrogens is 419 g/mol. The first-order valence-electron chi connectivity index (χ1n) is 8.11. The number of aromatic nitrogens is 2. The maximum atomic E-state index is 12.6. The molecule has 1 aromatic rings. The smallest absolute Gasteiger partial charge is 0.230 e. The molecular formula is C16H29IN6O. The topological polar surface area (TPSA) is 74.5 Å². The molecule has 0 aromatic carbocycles. The summed E-state index contributed by atoms with van der Waals surface area (Å²) in [6.07, 6.45) is 7.90. The van der Waals surface area contributed by atoms with Gasteiger partial charge >= 0.3 is 0 Å². The highest BCUT2D eigenvalue weighted by Gasteiger charge is 2.42. The molecule has 1 saturated carbocycles. The zero-order valence-corrected chi connectivity index (χ0v) is 17.3. The summed E-state index contributed by atoms with van der Waals surface area (Å²) in [6, 6.07) is 0. The molecule has 0 radical (unpaired) electrons. The summed E-state index contributed by atoms with van der Waals surface area (Å²) in [7, 11) is 7.30. The Bertz CT molecular complexity index is 563. The van der Waals surface area contributed by atoms with Gasteiger partial charge < -0.3 is 15.5 Å². The van der Waals surface area contributed by atoms with Crippen LogP contribution in [-0.2, 0) is 18.4 Å². The standard InChI is InChI=1S/C16H28N6O.HI/c1-17-15(18-9-13-10-20-22(4)11-13)19-12-16(7-5-6-8-16)14(23)21(2)3;/h10-11H,5-9,12H2,1-4H3,(H2,17,18,19);1H. The van der Waals surface area contributed by atoms with Gasteiger partial charge in [0.15, 0.2) is 5.96 Å². The van der Waals surface area contributed by atoms with Crippen LogP contribution in [0.4, 0.5) is 0 Å². The Morgan fingerprint density at radius 3 is 2.54 bits per heavy atom. The quantitative estimate of drug-likeness (QED) is 0.405. The number of aliphatic imine (C=N–C) groups is 1. The van der Waals surface area contributed by atoms with Crippen molar-refractivity contribution in [1.82, 2.24) is 25.3 Å². The average Bonchev–Trinajstić information content (AvgIpc) is 3.16. The highest BCUT2D eigenvalue weighted by atomic mass is 127. The lowest BCUT2D eigenvalue weighted by atomic mass is 9.84. The van der Waals surface area contributed by atoms with E-state index in [1.165, 1.54) is 0 Å². The Kier molecular flexibility index (Phi) is 7.98. The van der Waals surface area contributed by atoms with E-state index in [0.717, 1.165) is 31.2 Å². The molecule has 0 spiro atoms. The van der Waals surface area contributed by atoms with E-state index in [4.69, 9.17) is 0 Å². The molecule has 1 aliphatic rings. The Balaban J connectivity index is 0.00000288. The minimum absolute atomic E-state index is 0. The van der Waals surface area contributed by atoms with Crippen LogP contribution in [0.25, 0.3) is 0 Å². The molecule has 0 unspecified atom stereocenters. The van der Waals surface area contributed by atoms with Crippen molar-refractivity contribution in [3.63, 3.8) is 0 Å². The number of aryl methyl sites for hydroxylation is 1. The third-order valence-electron chi connectivity index (χ3n) is 4.46. The molecule has 0 bridgehead atoms. The molecule has 24 heavy (non-hydrogen) atoms. The van der Waals surface area contributed by atoms with Gasteiger partial charge in [0.1, 0.15) is 0 Å². The third kappa shape index (κ3) is 5.09. The fraction of sp³-hybridized carbons (Fsp3) is 0.688. The number of nitrogens with zero attached hydrogens (tertiary/aromatic N) is 4. The van der Waals surface area contributed by atoms with Crippen molar-refractivity contribution in [3.8, 4) is 0 Å². The summed E-state index contributed by atoms with van der Waals surface area (Å²) in [5.74, 6) is 0.928. The Labute approximate surface area is 161 Å². The second kappa shape index (κ2) is 9.24. The van der Waals surface area contributed by atoms with Gasteiger partial charge in [-0.2, -0.15) is 5.10 Å². The Morgan fingerprint density at radius 2 is 2.04 bits per heavy atom. The van der Waals surface area contributed by atoms with Gasteiger partial charge in [-0.3, -0.25) is 14.5 Å². The molecule has 8 heteroatoms. The maximum Gasteiger partial charge on any atom is 0.230 e. The molecule has 7 nitrogen and oxygen atoms in total. The summed E-state index contributed by atoms with van der Waals surface area (Å²) in [4.78, 5) is 18.5. The van der Waals surface area contributed by atoms with Gasteiger partial charge in [-0.1, -0.05) is 12.8 Å². The minimum atomic E-state index is -0.296. The molecule has 136 valence electrons. The first-order valence-corrected chi connectivity index (χ1v) is 8.11. The van der Waals surface area contributed by atoms with Crippen LogP contribution in [0.5, 0.6) is 0 Å². The average molecular weight is 448 g/mol. The number of hydrogen-bond acceptors (Lipinski definition) is 3. The molecule has 1 aliphatic carbocycles. The molecule has 1 aromatic heterocycles. The van der Waals surface area contributed by atoms with Crippen molar-refractivity contribution >= 4 is 35.8 Å². The van der Waals surface area contributed by atoms with Gasteiger partial charge in [0.05, 0.1) is 11.6 Å². The molecule has 0 aliphatic heterocycles. The highest BCUT2D eigenvalue weighted by molar-refractivity contribution is 14.0. The lowest BCUT2D eigenvalue weighted by Gasteiger charge is -2.31. The van der Waals surface area contributed by atoms with E-state index in [-0.39, 0.29) is 35.3 Å². The molecule has 1 fully saturated rings. The fourth-order valence-electron chi connectivity index (χ4n) is 3.21. The predicted molar refractivity (Wildman–Crippen MR) is 106 cm³/mol. The van der Waals surface area contributed by atoms with Crippen molar-refractivity contribution in [2.75, 3.05) is 27.7 Å². The van der Waals surface area contributed by atoms with Crippen LogP contribution < -0.4 is 10.6 Å². The van der Waals surface area contributed by atoms with Crippen molar-refractivity contribution in [2.24, 2.45) is 17.5 Å². The van der Waals surface area contributed by atoms with Crippen LogP contribution in [-0.4, -0.2) is 54.2 Å². The molecule has 0 saturated heterocycles. The van der Waals surface area contributed by atoms with Crippen LogP contribution in [0.15, 0.2) is 17.4 Å². The van der Waals surface area contributed by atoms with Crippen LogP contribution in [0.2, 0.25) is 0 Å². The summed E-state index contributed by atoms with van der Waals surface area (Å²) in [6.45, 7) is 1.28. The number of carbonyl (C=O) groups is 1. The fourth-order valence-corrected chi connectivity index (χ4v) is 3.21. The van der Waals surface area contributed by atoms with E-state index < -0.39 is 0 Å². The van der Waals surface area contributed by atoms with Crippen LogP contribution >= 0.6 is 24.0 Å². The lowest BCUT2D eigenvalue weighted by molar-refractivity contribution is -0.138. The van der Waals surface area contributed by atoms with Gasteiger partial charge in [0, 0.05) is 53.0 Å². The molecule has 0 atom stereocenters. The van der Waals surface area contributed by atoms with Gasteiger partial charge in [-0.15, -0.1) is 24.0 Å². The number of amides is 1. The summed E-state index contributed by atoms with van der Waals surface area (Å²) in [5.41, 5.74) is 0.797. The van der Waals surface area contributed by atoms with Gasteiger partial charge in [-0.25, -0.2) is 0 Å². The SMILES string of the molecule is CN=C(NCc1cnn(C)c1)NCC1(C(=O)N(C)C)CCCC1.I. The first kappa shape index (κ1) is 20.7. The maximum absolute atomic E-state index is 12.6. The number of halogens is 1. The number of rotatable bonds is 5. The van der Waals surface area contributed by atoms with Gasteiger partial charge in [-0.05, 0) is 12.8 Å². The van der Waals surface area contributed by atoms with E-state index in [2.05, 4.69) is 20.7 Å². The van der Waals surface area contributed by atoms with E-state index >= 15 is 0 Å². The number of guanidine groups is 1. The van der Waals surface area contributed by atoms with Crippen LogP contribution in [0.1, 0.15) is 31.2 Å². The van der Waals surface area contributed by atoms with E-state index in [1.54, 1.807) is 16.6 Å². The van der Waals surface area contributed by atoms with Crippen molar-refractivity contribution in [2.45, 2.75) is 32.2 Å². The number of hydrogen-bond donors (Lipinski definition) is 2. The zero-order chi connectivity index (χ0) is 16.9. The molecule has 1 heterocycles. The number of nitrogens with one attached hydrogen (secondary N) is 2. The van der Waals surface area contributed by atoms with E-state index in [9.17, 15) is 4.79 Å². The van der Waals surface area contributed by atoms with Gasteiger partial charge in [0.2, 0.25) is 5.91 Å². The second-order valence-corrected chi connectivity index (χ2v) is 6.49. The second-order valence-electron chi connectivity index (χ2n) is 6.49. The summed E-state index contributed by atoms with van der Waals surface area (Å²) < 4.78 is 1.77. The van der Waals surface area contributed by atoms with Crippen molar-refractivity contribution in [3.05, 3.63) is 18.0 Å². The van der Waals surface area contributed by atoms with E-state index in [1.807, 2.05) is 33.5 Å². The van der Waals surface area contributed by atoms with E-state index in [0.29, 0.717) is 19.0 Å². The summed E-state index contributed by atoms with van der Waals surface area (Å²) >= 11 is 0. The Hall–Kier alpha value is -1.32. The molecule has 2 rings (SSSR count). The van der Waals surface area contributed by atoms with Gasteiger partial charge in [0.25, 0.3) is 0 Å². The van der Waals surface area contributed by atoms with Crippen molar-refractivity contribution < 1.29 is 4.79 Å². The minimum Gasteiger partial charge on any atom is -0.355 e. The van der Waals surface area contributed by atoms with Crippen molar-refractivity contribution in [1.29, 1.82) is 0 Å². The number of carbonyl (C=O) groups excluding carboxylic acids is 1. The largest absolute Gasteiger partial charge is 0.355 e. The third-order valence-corrected chi connectivity index (χ3v) is 4.46. The first-order chi connectivity index (χ1) is 11.0. The highest BCUT2D eigenvalue weighted by Crippen LogP contribution is 2.38. The monoisotopic (exact) mass is 448 g/mol. The summed E-state index contributed by atoms with van der Waals surface area (Å²) in [5, 5.41) is 10.7.